The predicted octanol–water partition coefficient (Wildman–Crippen LogP) is 8.08. The number of ether oxygens (including phenoxy) is 1. The molecule has 1 radical (unpaired) electrons. The fourth-order valence-corrected chi connectivity index (χ4v) is 13.3. The molecule has 9 rings (SSSR count). The second-order valence-corrected chi connectivity index (χ2v) is 28.1. The summed E-state index contributed by atoms with van der Waals surface area (Å²) in [6.07, 6.45) is 12.5. The minimum atomic E-state index is -4.47. The zero-order chi connectivity index (χ0) is 64.2. The quantitative estimate of drug-likeness (QED) is 0.0162. The Morgan fingerprint density at radius 1 is 0.846 bits per heavy atom. The third-order valence-corrected chi connectivity index (χ3v) is 18.4. The number of carbonyl (C=O) groups is 2. The summed E-state index contributed by atoms with van der Waals surface area (Å²) in [5.41, 5.74) is 14.3. The van der Waals surface area contributed by atoms with Crippen LogP contribution in [0.3, 0.4) is 0 Å². The van der Waals surface area contributed by atoms with Crippen LogP contribution in [0.4, 0.5) is 23.0 Å². The Labute approximate surface area is 568 Å². The summed E-state index contributed by atoms with van der Waals surface area (Å²) in [5, 5.41) is 16.1. The maximum atomic E-state index is 13.5. The summed E-state index contributed by atoms with van der Waals surface area (Å²) >= 11 is 0. The zero-order valence-corrected chi connectivity index (χ0v) is 59.0. The zero-order valence-electron chi connectivity index (χ0n) is 50.8. The van der Waals surface area contributed by atoms with Crippen LogP contribution in [0.5, 0.6) is 5.75 Å². The smallest absolute Gasteiger partial charge is 0.326 e. The van der Waals surface area contributed by atoms with Gasteiger partial charge in [-0.3, -0.25) is 23.7 Å². The first-order valence-electron chi connectivity index (χ1n) is 28.9. The Hall–Kier alpha value is -6.61. The normalized spacial score (nSPS) is 16.6. The van der Waals surface area contributed by atoms with Crippen LogP contribution in [0.1, 0.15) is 117 Å². The molecular weight excluding hydrogens is 1480 g/mol. The van der Waals surface area contributed by atoms with Gasteiger partial charge < -0.3 is 35.7 Å². The molecule has 0 fully saturated rings. The molecule has 0 saturated heterocycles. The van der Waals surface area contributed by atoms with E-state index in [1.165, 1.54) is 6.20 Å². The molecule has 4 heterocycles. The molecule has 2 aliphatic heterocycles. The largest absolute Gasteiger partial charge is 0.748 e. The number of aromatic amines is 1. The van der Waals surface area contributed by atoms with Gasteiger partial charge in [-0.05, 0) is 148 Å². The van der Waals surface area contributed by atoms with Crippen molar-refractivity contribution in [2.45, 2.75) is 115 Å². The van der Waals surface area contributed by atoms with Crippen LogP contribution in [0.2, 0.25) is 0 Å². The number of fused-ring (bicyclic) bond motifs is 3. The van der Waals surface area contributed by atoms with Crippen molar-refractivity contribution < 1.29 is 117 Å². The fourth-order valence-electron chi connectivity index (χ4n) is 11.6. The molecule has 1 atom stereocenters. The van der Waals surface area contributed by atoms with Gasteiger partial charge in [0, 0.05) is 125 Å². The van der Waals surface area contributed by atoms with Crippen molar-refractivity contribution >= 4 is 82.1 Å². The summed E-state index contributed by atoms with van der Waals surface area (Å²) in [6.45, 7) is 11.3. The molecule has 8 N–H and O–H groups in total. The number of aliphatic carboxylic acids is 1. The van der Waals surface area contributed by atoms with Gasteiger partial charge in [-0.1, -0.05) is 55.8 Å². The topological polar surface area (TPSA) is 357 Å². The third-order valence-electron chi connectivity index (χ3n) is 16.1. The summed E-state index contributed by atoms with van der Waals surface area (Å²) in [4.78, 5) is 55.6. The number of carboxylic acid groups (broad SMARTS) is 1. The van der Waals surface area contributed by atoms with Crippen LogP contribution >= 0.6 is 0 Å². The van der Waals surface area contributed by atoms with E-state index in [1.807, 2.05) is 49.6 Å². The molecule has 0 saturated carbocycles. The van der Waals surface area contributed by atoms with Crippen LogP contribution in [0.15, 0.2) is 143 Å². The molecule has 1 amide bonds. The van der Waals surface area contributed by atoms with Crippen molar-refractivity contribution in [3.05, 3.63) is 187 Å². The van der Waals surface area contributed by atoms with Crippen LogP contribution in [0, 0.1) is 6.92 Å². The van der Waals surface area contributed by atoms with Crippen LogP contribution < -0.4 is 31.6 Å². The molecule has 23 nitrogen and oxygen atoms in total. The number of nitrogens with one attached hydrogen (secondary N) is 3. The van der Waals surface area contributed by atoms with Gasteiger partial charge in [-0.25, -0.2) is 23.2 Å². The van der Waals surface area contributed by atoms with Crippen molar-refractivity contribution in [3.63, 3.8) is 0 Å². The standard InChI is InChI=1S/C63H71N9O14S3.W.Y/c1-39-13-25-51-48(33-39)62(2,3)53(71(51)29-6-8-31-87(77,78)79)27-19-42-11-10-12-43(20-28-54-63(4,5)49-34-41(38-89(83,84)85)16-26-52(49)72(54)30-7-9-32-88(80,81)82)56(42)86-47-23-14-40(15-24-47)35-50(60(75)76)68-58(73)44-17-21-45(22-18-44)65-36-46-37-66-57-55(67-46)59(74)70-61(64)69-57;;/h13-28,33-34,37,50H,6-12,29-32,35-36,38H2,1-5H3,(H8-,64,65,66,68,69,70,73,74,75,76,77,78,79,80,81,82,83,84,85);;/t50-;;/m0../s1. The average molecular weight is 1550 g/mol. The van der Waals surface area contributed by atoms with E-state index in [1.54, 1.807) is 66.7 Å². The number of nitrogen functional groups attached to an aromatic ring is 1. The first-order valence-corrected chi connectivity index (χ1v) is 33.7. The van der Waals surface area contributed by atoms with Crippen LogP contribution in [-0.4, -0.2) is 117 Å². The Bertz CT molecular complexity index is 4340. The van der Waals surface area contributed by atoms with E-state index in [0.29, 0.717) is 72.8 Å². The number of nitrogens with zero attached hydrogens (tertiary/aromatic N) is 5. The Balaban J connectivity index is 0.00000588. The van der Waals surface area contributed by atoms with Crippen molar-refractivity contribution in [1.82, 2.24) is 25.3 Å². The van der Waals surface area contributed by atoms with Gasteiger partial charge in [0.2, 0.25) is 11.6 Å². The number of hydrogen-bond acceptors (Lipinski definition) is 17. The number of hydrogen-bond donors (Lipinski definition) is 7. The minimum absolute atomic E-state index is 0. The summed E-state index contributed by atoms with van der Waals surface area (Å²) in [7, 11) is -13.0. The molecule has 4 aromatic carbocycles. The van der Waals surface area contributed by atoms with Crippen LogP contribution in [-0.2, 0) is 118 Å². The van der Waals surface area contributed by atoms with E-state index in [4.69, 9.17) is 10.5 Å². The molecule has 6 aromatic rings. The number of aromatic nitrogens is 4. The summed E-state index contributed by atoms with van der Waals surface area (Å²) in [5.74, 6) is -2.46. The number of nitrogens with two attached hydrogens (primary N) is 1. The van der Waals surface area contributed by atoms with E-state index < -0.39 is 76.2 Å². The molecular formula is C63H71N9O14S3WY. The maximum absolute atomic E-state index is 13.5. The third kappa shape index (κ3) is 18.2. The SMILES string of the molecule is Cc1ccc2c(c1)C(C)(C)/C(=C\C=C1/CCCC(/C=C/C3=[N+](CCCCS(=O)(=O)[O-])c4ccc(CS(=O)(=O)O)cc4C3(C)C)=C1Oc1ccc(C[C@H](NC(=O)c3ccc(NCc4cnc5nc(N)[nH]c(=O)c5n4)cc3)C(=O)O)cc1)N2CCCCS(=O)(=O)O.[W].[Y]. The number of anilines is 3. The molecule has 0 unspecified atom stereocenters. The number of rotatable bonds is 25. The molecule has 28 heteroatoms. The van der Waals surface area contributed by atoms with Gasteiger partial charge in [0.1, 0.15) is 29.8 Å². The predicted molar refractivity (Wildman–Crippen MR) is 337 cm³/mol. The van der Waals surface area contributed by atoms with E-state index in [2.05, 4.69) is 67.5 Å². The molecule has 0 spiro atoms. The van der Waals surface area contributed by atoms with E-state index >= 15 is 0 Å². The Kier molecular flexibility index (Phi) is 23.3. The summed E-state index contributed by atoms with van der Waals surface area (Å²) < 4.78 is 111. The molecule has 1 aliphatic carbocycles. The van der Waals surface area contributed by atoms with Gasteiger partial charge in [0.05, 0.1) is 39.7 Å². The van der Waals surface area contributed by atoms with E-state index in [9.17, 15) is 58.4 Å². The average Bonchev–Trinajstić information content (AvgIpc) is 1.60. The van der Waals surface area contributed by atoms with Gasteiger partial charge in [-0.2, -0.15) is 26.4 Å². The number of unbranched alkanes of at least 4 members (excludes halogenated alkanes) is 2. The molecule has 0 bridgehead atoms. The summed E-state index contributed by atoms with van der Waals surface area (Å²) in [6, 6.07) is 23.3. The Morgan fingerprint density at radius 2 is 1.55 bits per heavy atom. The number of benzene rings is 4. The van der Waals surface area contributed by atoms with E-state index in [0.717, 1.165) is 57.0 Å². The molecule has 479 valence electrons. The maximum Gasteiger partial charge on any atom is 0.326 e. The number of aryl methyl sites for hydroxylation is 1. The van der Waals surface area contributed by atoms with Crippen molar-refractivity contribution in [1.29, 1.82) is 0 Å². The molecule has 91 heavy (non-hydrogen) atoms. The van der Waals surface area contributed by atoms with Gasteiger partial charge in [0.15, 0.2) is 16.9 Å². The monoisotopic (exact) mass is 1550 g/mol. The first kappa shape index (κ1) is 71.8. The van der Waals surface area contributed by atoms with Crippen molar-refractivity contribution in [2.24, 2.45) is 0 Å². The van der Waals surface area contributed by atoms with Crippen molar-refractivity contribution in [2.75, 3.05) is 40.5 Å². The number of amides is 1. The van der Waals surface area contributed by atoms with Gasteiger partial charge in [0.25, 0.3) is 31.7 Å². The molecule has 3 aliphatic rings. The minimum Gasteiger partial charge on any atom is -0.748 e. The van der Waals surface area contributed by atoms with Crippen LogP contribution in [0.25, 0.3) is 11.2 Å². The number of H-pyrrole nitrogens is 1. The first-order chi connectivity index (χ1) is 41.9. The van der Waals surface area contributed by atoms with Gasteiger partial charge >= 0.3 is 5.97 Å². The second-order valence-electron chi connectivity index (χ2n) is 23.5. The second kappa shape index (κ2) is 29.6. The molecule has 2 aromatic heterocycles. The number of carboxylic acids is 1. The van der Waals surface area contributed by atoms with E-state index in [-0.39, 0.29) is 108 Å². The van der Waals surface area contributed by atoms with Crippen molar-refractivity contribution in [3.8, 4) is 5.75 Å². The van der Waals surface area contributed by atoms with Gasteiger partial charge in [-0.15, -0.1) is 0 Å². The Morgan fingerprint density at radius 3 is 2.23 bits per heavy atom. The number of carbonyl (C=O) groups excluding carboxylic acids is 1. The fraction of sp³-hybridized carbons (Fsp3) is 0.349. The number of allylic oxidation sites excluding steroid dienone is 7.